The molecule has 0 unspecified atom stereocenters. The Labute approximate surface area is 241 Å². The first-order valence-electron chi connectivity index (χ1n) is 13.6. The predicted molar refractivity (Wildman–Crippen MR) is 160 cm³/mol. The molecule has 0 fully saturated rings. The van der Waals surface area contributed by atoms with Crippen LogP contribution in [0.5, 0.6) is 0 Å². The number of aryl methyl sites for hydroxylation is 3. The number of anilines is 2. The highest BCUT2D eigenvalue weighted by Crippen LogP contribution is 2.36. The molecule has 9 heteroatoms. The third kappa shape index (κ3) is 5.09. The van der Waals surface area contributed by atoms with Gasteiger partial charge in [0, 0.05) is 33.8 Å². The first-order valence-corrected chi connectivity index (χ1v) is 14.4. The number of nitrogens with zero attached hydrogens (tertiary/aromatic N) is 4. The van der Waals surface area contributed by atoms with Crippen LogP contribution in [0.2, 0.25) is 0 Å². The minimum atomic E-state index is -0.371. The van der Waals surface area contributed by atoms with Crippen LogP contribution >= 0.6 is 11.3 Å². The fourth-order valence-corrected chi connectivity index (χ4v) is 6.06. The summed E-state index contributed by atoms with van der Waals surface area (Å²) in [5, 5.41) is 3.45. The molecule has 1 aliphatic rings. The van der Waals surface area contributed by atoms with Crippen molar-refractivity contribution < 1.29 is 14.0 Å². The van der Waals surface area contributed by atoms with Crippen LogP contribution in [0.25, 0.3) is 22.3 Å². The Kier molecular flexibility index (Phi) is 7.05. The van der Waals surface area contributed by atoms with E-state index < -0.39 is 0 Å². The largest absolute Gasteiger partial charge is 0.308 e. The fraction of sp³-hybridized carbons (Fsp3) is 0.219. The van der Waals surface area contributed by atoms with Gasteiger partial charge in [-0.15, -0.1) is 11.3 Å². The Morgan fingerprint density at radius 3 is 2.34 bits per heavy atom. The fourth-order valence-electron chi connectivity index (χ4n) is 5.23. The number of hydrogen-bond donors (Lipinski definition) is 1. The molecule has 7 nitrogen and oxygen atoms in total. The van der Waals surface area contributed by atoms with Crippen LogP contribution in [-0.2, 0) is 19.3 Å². The summed E-state index contributed by atoms with van der Waals surface area (Å²) in [6, 6.07) is 16.9. The molecule has 206 valence electrons. The number of thiazole rings is 1. The minimum Gasteiger partial charge on any atom is -0.308 e. The molecule has 2 amide bonds. The number of carbonyl (C=O) groups is 2. The van der Waals surface area contributed by atoms with E-state index >= 15 is 0 Å². The highest BCUT2D eigenvalue weighted by molar-refractivity contribution is 7.16. The van der Waals surface area contributed by atoms with Crippen molar-refractivity contribution in [2.45, 2.75) is 40.0 Å². The molecule has 0 atom stereocenters. The molecule has 1 N–H and O–H groups in total. The van der Waals surface area contributed by atoms with Gasteiger partial charge in [-0.1, -0.05) is 19.9 Å². The van der Waals surface area contributed by atoms with Crippen molar-refractivity contribution in [2.75, 3.05) is 16.8 Å². The number of benzene rings is 3. The lowest BCUT2D eigenvalue weighted by Crippen LogP contribution is -2.28. The average molecular weight is 566 g/mol. The van der Waals surface area contributed by atoms with Crippen LogP contribution in [0, 0.1) is 12.7 Å². The molecule has 41 heavy (non-hydrogen) atoms. The van der Waals surface area contributed by atoms with E-state index in [-0.39, 0.29) is 17.6 Å². The van der Waals surface area contributed by atoms with Crippen molar-refractivity contribution in [1.29, 1.82) is 0 Å². The van der Waals surface area contributed by atoms with Gasteiger partial charge in [0.05, 0.1) is 28.1 Å². The smallest absolute Gasteiger partial charge is 0.258 e. The van der Waals surface area contributed by atoms with E-state index in [0.29, 0.717) is 34.7 Å². The molecule has 0 spiro atoms. The second-order valence-electron chi connectivity index (χ2n) is 9.96. The summed E-state index contributed by atoms with van der Waals surface area (Å²) >= 11 is 1.42. The molecule has 6 rings (SSSR count). The molecule has 0 bridgehead atoms. The summed E-state index contributed by atoms with van der Waals surface area (Å²) in [7, 11) is 0. The number of amides is 2. The van der Waals surface area contributed by atoms with E-state index in [1.807, 2.05) is 25.1 Å². The Bertz CT molecular complexity index is 1820. The Morgan fingerprint density at radius 1 is 0.902 bits per heavy atom. The summed E-state index contributed by atoms with van der Waals surface area (Å²) in [4.78, 5) is 43.1. The molecule has 0 saturated heterocycles. The lowest BCUT2D eigenvalue weighted by Gasteiger charge is -2.17. The standard InChI is InChI=1S/C32H28FN5O2S/c1-4-24-25(5-2)35-27-17-22(8-12-26(27)34-24)30(39)37-32-36-29(18(3)41-32)21-9-13-28-20(16-21)14-15-38(28)31(40)19-6-10-23(33)11-7-19/h6-13,16-17H,4-5,14-15H2,1-3H3,(H,36,37,39). The van der Waals surface area contributed by atoms with Crippen LogP contribution < -0.4 is 10.2 Å². The normalized spacial score (nSPS) is 12.5. The lowest BCUT2D eigenvalue weighted by molar-refractivity contribution is 0.0987. The van der Waals surface area contributed by atoms with Crippen molar-refractivity contribution in [3.05, 3.63) is 99.4 Å². The van der Waals surface area contributed by atoms with Crippen LogP contribution in [0.3, 0.4) is 0 Å². The summed E-state index contributed by atoms with van der Waals surface area (Å²) < 4.78 is 13.3. The van der Waals surface area contributed by atoms with Gasteiger partial charge in [-0.2, -0.15) is 0 Å². The van der Waals surface area contributed by atoms with E-state index in [1.165, 1.54) is 35.6 Å². The van der Waals surface area contributed by atoms with E-state index in [9.17, 15) is 14.0 Å². The third-order valence-corrected chi connectivity index (χ3v) is 8.24. The summed E-state index contributed by atoms with van der Waals surface area (Å²) in [5.41, 5.74) is 7.98. The highest BCUT2D eigenvalue weighted by Gasteiger charge is 2.26. The van der Waals surface area contributed by atoms with Crippen molar-refractivity contribution in [3.63, 3.8) is 0 Å². The van der Waals surface area contributed by atoms with Gasteiger partial charge in [0.2, 0.25) is 0 Å². The van der Waals surface area contributed by atoms with E-state index in [2.05, 4.69) is 25.2 Å². The van der Waals surface area contributed by atoms with Gasteiger partial charge in [0.25, 0.3) is 11.8 Å². The zero-order chi connectivity index (χ0) is 28.7. The first kappa shape index (κ1) is 26.7. The number of hydrogen-bond acceptors (Lipinski definition) is 6. The maximum absolute atomic E-state index is 13.3. The number of halogens is 1. The van der Waals surface area contributed by atoms with Crippen LogP contribution in [0.4, 0.5) is 15.2 Å². The van der Waals surface area contributed by atoms with E-state index in [1.54, 1.807) is 17.0 Å². The van der Waals surface area contributed by atoms with Crippen LogP contribution in [0.1, 0.15) is 56.4 Å². The Morgan fingerprint density at radius 2 is 1.61 bits per heavy atom. The number of rotatable bonds is 6. The Balaban J connectivity index is 1.21. The van der Waals surface area contributed by atoms with Gasteiger partial charge in [-0.05, 0) is 86.3 Å². The summed E-state index contributed by atoms with van der Waals surface area (Å²) in [5.74, 6) is -0.775. The monoisotopic (exact) mass is 565 g/mol. The van der Waals surface area contributed by atoms with Crippen LogP contribution in [-0.4, -0.2) is 33.3 Å². The number of carbonyl (C=O) groups excluding carboxylic acids is 2. The maximum atomic E-state index is 13.3. The quantitative estimate of drug-likeness (QED) is 0.245. The van der Waals surface area contributed by atoms with Gasteiger partial charge >= 0.3 is 0 Å². The van der Waals surface area contributed by atoms with Gasteiger partial charge < -0.3 is 4.90 Å². The number of fused-ring (bicyclic) bond motifs is 2. The SMILES string of the molecule is CCc1nc2ccc(C(=O)Nc3nc(-c4ccc5c(c4)CCN5C(=O)c4ccc(F)cc4)c(C)s3)cc2nc1CC. The molecular weight excluding hydrogens is 537 g/mol. The summed E-state index contributed by atoms with van der Waals surface area (Å²) in [6.45, 7) is 6.65. The van der Waals surface area contributed by atoms with Crippen molar-refractivity contribution in [1.82, 2.24) is 15.0 Å². The van der Waals surface area contributed by atoms with Crippen molar-refractivity contribution in [2.24, 2.45) is 0 Å². The van der Waals surface area contributed by atoms with E-state index in [0.717, 1.165) is 57.1 Å². The molecule has 0 saturated carbocycles. The second-order valence-corrected chi connectivity index (χ2v) is 11.2. The van der Waals surface area contributed by atoms with E-state index in [4.69, 9.17) is 15.0 Å². The Hall–Kier alpha value is -4.50. The molecule has 1 aliphatic heterocycles. The van der Waals surface area contributed by atoms with Crippen molar-refractivity contribution >= 4 is 45.0 Å². The maximum Gasteiger partial charge on any atom is 0.258 e. The zero-order valence-electron chi connectivity index (χ0n) is 23.0. The number of aromatic nitrogens is 3. The highest BCUT2D eigenvalue weighted by atomic mass is 32.1. The molecular formula is C32H28FN5O2S. The molecule has 5 aromatic rings. The molecule has 3 aromatic carbocycles. The minimum absolute atomic E-state index is 0.150. The first-order chi connectivity index (χ1) is 19.8. The summed E-state index contributed by atoms with van der Waals surface area (Å²) in [6.07, 6.45) is 2.32. The van der Waals surface area contributed by atoms with Gasteiger partial charge in [0.1, 0.15) is 5.82 Å². The van der Waals surface area contributed by atoms with Crippen molar-refractivity contribution in [3.8, 4) is 11.3 Å². The second kappa shape index (κ2) is 10.8. The van der Waals surface area contributed by atoms with Gasteiger partial charge in [0.15, 0.2) is 5.13 Å². The molecule has 2 aromatic heterocycles. The molecule has 0 radical (unpaired) electrons. The predicted octanol–water partition coefficient (Wildman–Crippen LogP) is 6.78. The van der Waals surface area contributed by atoms with Crippen LogP contribution in [0.15, 0.2) is 60.7 Å². The molecule has 0 aliphatic carbocycles. The average Bonchev–Trinajstić information content (AvgIpc) is 3.58. The number of nitrogens with one attached hydrogen (secondary N) is 1. The topological polar surface area (TPSA) is 88.1 Å². The van der Waals surface area contributed by atoms with Gasteiger partial charge in [-0.25, -0.2) is 19.3 Å². The zero-order valence-corrected chi connectivity index (χ0v) is 23.8. The lowest BCUT2D eigenvalue weighted by atomic mass is 10.1. The molecule has 3 heterocycles. The van der Waals surface area contributed by atoms with Gasteiger partial charge in [-0.3, -0.25) is 14.9 Å². The third-order valence-electron chi connectivity index (χ3n) is 7.35.